The molecule has 4 aromatic rings. The Hall–Kier alpha value is -5.11. The number of likely N-dealkylation sites (tertiary alicyclic amines) is 2. The van der Waals surface area contributed by atoms with Crippen molar-refractivity contribution in [2.45, 2.75) is 90.3 Å². The Labute approximate surface area is 316 Å². The first-order valence-electron chi connectivity index (χ1n) is 19.7. The van der Waals surface area contributed by atoms with Crippen LogP contribution in [0.5, 0.6) is 0 Å². The minimum absolute atomic E-state index is 0.00888. The molecular weight excluding hydrogens is 679 g/mol. The van der Waals surface area contributed by atoms with Gasteiger partial charge in [0.05, 0.1) is 42.1 Å². The number of aromatic amines is 2. The van der Waals surface area contributed by atoms with Crippen LogP contribution in [0.25, 0.3) is 22.3 Å². The normalized spacial score (nSPS) is 23.1. The third kappa shape index (κ3) is 6.54. The molecule has 4 atom stereocenters. The van der Waals surface area contributed by atoms with Crippen molar-refractivity contribution in [1.29, 1.82) is 0 Å². The number of rotatable bonds is 8. The zero-order valence-corrected chi connectivity index (χ0v) is 31.6. The smallest absolute Gasteiger partial charge is 0.407 e. The number of carbonyl (C=O) groups excluding carboxylic acids is 3. The van der Waals surface area contributed by atoms with E-state index in [1.165, 1.54) is 32.8 Å². The molecule has 0 unspecified atom stereocenters. The molecule has 3 aliphatic carbocycles. The molecule has 2 aromatic carbocycles. The second kappa shape index (κ2) is 13.0. The van der Waals surface area contributed by atoms with Crippen molar-refractivity contribution >= 4 is 28.9 Å². The maximum absolute atomic E-state index is 13.8. The molecule has 9 rings (SSSR count). The van der Waals surface area contributed by atoms with E-state index >= 15 is 0 Å². The number of fused-ring (bicyclic) bond motifs is 1. The molecule has 3 saturated carbocycles. The van der Waals surface area contributed by atoms with Gasteiger partial charge in [0.2, 0.25) is 11.8 Å². The predicted octanol–water partition coefficient (Wildman–Crippen LogP) is 6.89. The number of imidazole rings is 2. The lowest BCUT2D eigenvalue weighted by Crippen LogP contribution is -2.51. The van der Waals surface area contributed by atoms with Gasteiger partial charge in [0.25, 0.3) is 0 Å². The molecule has 2 saturated heterocycles. The van der Waals surface area contributed by atoms with Gasteiger partial charge in [-0.15, -0.1) is 0 Å². The summed E-state index contributed by atoms with van der Waals surface area (Å²) in [5, 5.41) is 2.74. The number of aromatic nitrogens is 4. The fraction of sp³-hybridized carbons (Fsp3) is 0.512. The van der Waals surface area contributed by atoms with Crippen LogP contribution in [0.15, 0.2) is 48.7 Å². The van der Waals surface area contributed by atoms with E-state index in [0.717, 1.165) is 77.3 Å². The van der Waals surface area contributed by atoms with Crippen LogP contribution in [0.1, 0.15) is 107 Å². The summed E-state index contributed by atoms with van der Waals surface area (Å²) >= 11 is 0. The molecule has 0 radical (unpaired) electrons. The number of ether oxygens (including phenoxy) is 1. The zero-order chi connectivity index (χ0) is 37.4. The molecule has 280 valence electrons. The van der Waals surface area contributed by atoms with Gasteiger partial charge in [0.15, 0.2) is 0 Å². The van der Waals surface area contributed by atoms with E-state index in [4.69, 9.17) is 14.7 Å². The SMILES string of the molecule is COC(=O)N[C@H](C(=O)N1CC2(CC2)C[C@H]1c1ncc(-c2ccc(C#Cc3ccc4nc([C@@H]5CC6(CC6)CN5C(=O)[C@@H](C)C5CC5)[nH]c4c3)cc2)[nH]1)C(C)C. The molecule has 3 amide bonds. The largest absolute Gasteiger partial charge is 0.453 e. The summed E-state index contributed by atoms with van der Waals surface area (Å²) in [4.78, 5) is 60.2. The molecular formula is C43H49N7O4. The quantitative estimate of drug-likeness (QED) is 0.169. The maximum atomic E-state index is 13.8. The highest BCUT2D eigenvalue weighted by Gasteiger charge is 2.56. The third-order valence-electron chi connectivity index (χ3n) is 12.9. The number of nitrogens with zero attached hydrogens (tertiary/aromatic N) is 4. The van der Waals surface area contributed by atoms with Gasteiger partial charge < -0.3 is 29.8 Å². The van der Waals surface area contributed by atoms with Gasteiger partial charge in [-0.05, 0) is 110 Å². The first-order valence-corrected chi connectivity index (χ1v) is 19.7. The molecule has 0 bridgehead atoms. The average Bonchev–Trinajstić information content (AvgIpc) is 4.12. The van der Waals surface area contributed by atoms with Crippen molar-refractivity contribution in [2.75, 3.05) is 20.2 Å². The standard InChI is InChI=1S/C43H49N7O4/c1-25(2)36(48-41(53)54-4)40(52)50-24-42(15-16-42)20-34(50)37-44-22-33(47-37)30-10-7-27(8-11-30)5-6-28-9-14-31-32(19-28)46-38(45-31)35-21-43(17-18-43)23-49(35)39(51)26(3)29-12-13-29/h7-11,14,19,22,25-26,29,34-36H,12-13,15-18,20-21,23-24H2,1-4H3,(H,44,47)(H,45,46)(H,48,53)/t26-,34-,35-,36-/m0/s1. The van der Waals surface area contributed by atoms with Crippen LogP contribution in [-0.4, -0.2) is 73.9 Å². The van der Waals surface area contributed by atoms with Crippen molar-refractivity contribution < 1.29 is 19.1 Å². The van der Waals surface area contributed by atoms with Crippen molar-refractivity contribution in [3.8, 4) is 23.1 Å². The average molecular weight is 728 g/mol. The second-order valence-electron chi connectivity index (χ2n) is 17.2. The fourth-order valence-corrected chi connectivity index (χ4v) is 8.88. The summed E-state index contributed by atoms with van der Waals surface area (Å²) in [5.41, 5.74) is 5.90. The lowest BCUT2D eigenvalue weighted by molar-refractivity contribution is -0.137. The molecule has 2 aromatic heterocycles. The number of hydrogen-bond acceptors (Lipinski definition) is 6. The number of nitrogens with one attached hydrogen (secondary N) is 3. The number of H-pyrrole nitrogens is 2. The van der Waals surface area contributed by atoms with E-state index in [0.29, 0.717) is 18.4 Å². The highest BCUT2D eigenvalue weighted by atomic mass is 16.5. The van der Waals surface area contributed by atoms with Gasteiger partial charge in [-0.2, -0.15) is 0 Å². The Morgan fingerprint density at radius 3 is 2.11 bits per heavy atom. The fourth-order valence-electron chi connectivity index (χ4n) is 8.88. The first kappa shape index (κ1) is 34.6. The Balaban J connectivity index is 0.887. The summed E-state index contributed by atoms with van der Waals surface area (Å²) < 4.78 is 4.81. The molecule has 54 heavy (non-hydrogen) atoms. The topological polar surface area (TPSA) is 136 Å². The van der Waals surface area contributed by atoms with Crippen LogP contribution in [0.4, 0.5) is 4.79 Å². The molecule has 11 heteroatoms. The van der Waals surface area contributed by atoms with Gasteiger partial charge in [-0.25, -0.2) is 14.8 Å². The summed E-state index contributed by atoms with van der Waals surface area (Å²) in [6.45, 7) is 7.49. The van der Waals surface area contributed by atoms with Crippen LogP contribution >= 0.6 is 0 Å². The van der Waals surface area contributed by atoms with Gasteiger partial charge in [0.1, 0.15) is 17.7 Å². The Morgan fingerprint density at radius 1 is 0.852 bits per heavy atom. The Kier molecular flexibility index (Phi) is 8.36. The molecule has 4 heterocycles. The third-order valence-corrected chi connectivity index (χ3v) is 12.9. The number of methoxy groups -OCH3 is 1. The second-order valence-corrected chi connectivity index (χ2v) is 17.2. The van der Waals surface area contributed by atoms with Crippen LogP contribution < -0.4 is 5.32 Å². The van der Waals surface area contributed by atoms with E-state index < -0.39 is 12.1 Å². The van der Waals surface area contributed by atoms with Gasteiger partial charge >= 0.3 is 6.09 Å². The molecule has 5 fully saturated rings. The first-order chi connectivity index (χ1) is 26.0. The van der Waals surface area contributed by atoms with E-state index in [9.17, 15) is 14.4 Å². The van der Waals surface area contributed by atoms with Crippen molar-refractivity contribution in [3.05, 3.63) is 71.4 Å². The summed E-state index contributed by atoms with van der Waals surface area (Å²) in [6, 6.07) is 13.3. The monoisotopic (exact) mass is 727 g/mol. The number of alkyl carbamates (subject to hydrolysis) is 1. The van der Waals surface area contributed by atoms with Crippen molar-refractivity contribution in [2.24, 2.45) is 28.6 Å². The van der Waals surface area contributed by atoms with Gasteiger partial charge in [0, 0.05) is 30.1 Å². The summed E-state index contributed by atoms with van der Waals surface area (Å²) in [6.07, 6.45) is 10.0. The molecule has 5 aliphatic rings. The Morgan fingerprint density at radius 2 is 1.48 bits per heavy atom. The van der Waals surface area contributed by atoms with Crippen LogP contribution in [0.2, 0.25) is 0 Å². The van der Waals surface area contributed by atoms with E-state index in [2.05, 4.69) is 45.0 Å². The number of amides is 3. The lowest BCUT2D eigenvalue weighted by atomic mass is 10.0. The molecule has 3 N–H and O–H groups in total. The van der Waals surface area contributed by atoms with Crippen molar-refractivity contribution in [3.63, 3.8) is 0 Å². The Bertz CT molecular complexity index is 2180. The van der Waals surface area contributed by atoms with E-state index in [1.807, 2.05) is 61.3 Å². The van der Waals surface area contributed by atoms with E-state index in [1.54, 1.807) is 0 Å². The van der Waals surface area contributed by atoms with Gasteiger partial charge in [-0.1, -0.05) is 44.7 Å². The van der Waals surface area contributed by atoms with Gasteiger partial charge in [-0.3, -0.25) is 9.59 Å². The van der Waals surface area contributed by atoms with Crippen LogP contribution in [0.3, 0.4) is 0 Å². The predicted molar refractivity (Wildman–Crippen MR) is 204 cm³/mol. The summed E-state index contributed by atoms with van der Waals surface area (Å²) in [7, 11) is 1.31. The molecule has 11 nitrogen and oxygen atoms in total. The van der Waals surface area contributed by atoms with Crippen molar-refractivity contribution in [1.82, 2.24) is 35.1 Å². The number of hydrogen-bond donors (Lipinski definition) is 3. The molecule has 2 spiro atoms. The number of benzene rings is 2. The highest BCUT2D eigenvalue weighted by Crippen LogP contribution is 2.59. The highest BCUT2D eigenvalue weighted by molar-refractivity contribution is 5.86. The number of carbonyl (C=O) groups is 3. The molecule has 2 aliphatic heterocycles. The van der Waals surface area contributed by atoms with Crippen LogP contribution in [-0.2, 0) is 14.3 Å². The zero-order valence-electron chi connectivity index (χ0n) is 31.6. The minimum atomic E-state index is -0.675. The van der Waals surface area contributed by atoms with E-state index in [-0.39, 0.29) is 40.7 Å². The maximum Gasteiger partial charge on any atom is 0.407 e. The lowest BCUT2D eigenvalue weighted by Gasteiger charge is -2.30. The summed E-state index contributed by atoms with van der Waals surface area (Å²) in [5.74, 6) is 9.02. The van der Waals surface area contributed by atoms with Crippen LogP contribution in [0, 0.1) is 40.4 Å². The minimum Gasteiger partial charge on any atom is -0.453 e.